The highest BCUT2D eigenvalue weighted by molar-refractivity contribution is 6.02. The Labute approximate surface area is 208 Å². The Morgan fingerprint density at radius 1 is 0.861 bits per heavy atom. The molecule has 182 valence electrons. The first kappa shape index (κ1) is 23.5. The topological polar surface area (TPSA) is 45.6 Å². The average molecular weight is 486 g/mol. The van der Waals surface area contributed by atoms with Crippen molar-refractivity contribution >= 4 is 17.5 Å². The third kappa shape index (κ3) is 4.17. The second kappa shape index (κ2) is 9.41. The van der Waals surface area contributed by atoms with Crippen LogP contribution >= 0.6 is 0 Å². The molecule has 0 saturated carbocycles. The number of hydrogen-bond donors (Lipinski definition) is 0. The zero-order valence-corrected chi connectivity index (χ0v) is 19.9. The zero-order valence-electron chi connectivity index (χ0n) is 19.9. The predicted octanol–water partition coefficient (Wildman–Crippen LogP) is 5.74. The molecule has 0 aliphatic carbocycles. The highest BCUT2D eigenvalue weighted by Crippen LogP contribution is 2.42. The van der Waals surface area contributed by atoms with Gasteiger partial charge < -0.3 is 9.47 Å². The Kier molecular flexibility index (Phi) is 6.14. The fraction of sp³-hybridized carbons (Fsp3) is 0.172. The van der Waals surface area contributed by atoms with Crippen molar-refractivity contribution < 1.29 is 18.4 Å². The van der Waals surface area contributed by atoms with E-state index in [1.54, 1.807) is 17.0 Å². The molecule has 1 atom stereocenters. The van der Waals surface area contributed by atoms with Gasteiger partial charge in [-0.05, 0) is 74.0 Å². The molecule has 0 fully saturated rings. The quantitative estimate of drug-likeness (QED) is 0.362. The lowest BCUT2D eigenvalue weighted by molar-refractivity contribution is -0.120. The molecule has 1 aromatic heterocycles. The molecule has 0 bridgehead atoms. The molecule has 0 radical (unpaired) electrons. The van der Waals surface area contributed by atoms with Gasteiger partial charge in [0.15, 0.2) is 0 Å². The van der Waals surface area contributed by atoms with Crippen LogP contribution in [-0.4, -0.2) is 33.9 Å². The van der Waals surface area contributed by atoms with Gasteiger partial charge in [-0.1, -0.05) is 30.3 Å². The van der Waals surface area contributed by atoms with E-state index in [2.05, 4.69) is 0 Å². The second-order valence-electron chi connectivity index (χ2n) is 9.05. The minimum absolute atomic E-state index is 0.180. The summed E-state index contributed by atoms with van der Waals surface area (Å²) in [7, 11) is 0. The van der Waals surface area contributed by atoms with Gasteiger partial charge in [0.05, 0.1) is 17.1 Å². The maximum atomic E-state index is 14.0. The first-order valence-corrected chi connectivity index (χ1v) is 11.8. The first-order valence-electron chi connectivity index (χ1n) is 11.8. The summed E-state index contributed by atoms with van der Waals surface area (Å²) in [5, 5.41) is 0. The van der Waals surface area contributed by atoms with Crippen LogP contribution in [0.25, 0.3) is 5.69 Å². The molecule has 1 unspecified atom stereocenters. The molecule has 1 aliphatic heterocycles. The molecule has 4 aromatic rings. The van der Waals surface area contributed by atoms with Crippen molar-refractivity contribution in [3.8, 4) is 5.69 Å². The molecule has 2 heterocycles. The molecule has 5 rings (SSSR count). The fourth-order valence-corrected chi connectivity index (χ4v) is 4.72. The highest BCUT2D eigenvalue weighted by Gasteiger charge is 2.37. The number of rotatable bonds is 5. The summed E-state index contributed by atoms with van der Waals surface area (Å²) in [6.45, 7) is 3.42. The lowest BCUT2D eigenvalue weighted by Crippen LogP contribution is -2.48. The fourth-order valence-electron chi connectivity index (χ4n) is 4.72. The van der Waals surface area contributed by atoms with Gasteiger partial charge in [-0.2, -0.15) is 0 Å². The molecular formula is C29H25F2N3O2. The summed E-state index contributed by atoms with van der Waals surface area (Å²) < 4.78 is 29.6. The van der Waals surface area contributed by atoms with Crippen LogP contribution in [0.4, 0.5) is 14.5 Å². The summed E-state index contributed by atoms with van der Waals surface area (Å²) in [5.74, 6) is -1.61. The van der Waals surface area contributed by atoms with Crippen LogP contribution in [-0.2, 0) is 4.79 Å². The van der Waals surface area contributed by atoms with Gasteiger partial charge in [0.25, 0.3) is 5.91 Å². The van der Waals surface area contributed by atoms with Gasteiger partial charge in [0.2, 0.25) is 5.91 Å². The van der Waals surface area contributed by atoms with Crippen LogP contribution in [0.2, 0.25) is 0 Å². The van der Waals surface area contributed by atoms with Crippen LogP contribution in [0.1, 0.15) is 41.5 Å². The summed E-state index contributed by atoms with van der Waals surface area (Å²) in [5.41, 5.74) is 3.28. The smallest absolute Gasteiger partial charge is 0.254 e. The summed E-state index contributed by atoms with van der Waals surface area (Å²) >= 11 is 0. The van der Waals surface area contributed by atoms with Crippen LogP contribution in [0.5, 0.6) is 0 Å². The number of carbonyl (C=O) groups is 2. The molecule has 0 saturated heterocycles. The Bertz CT molecular complexity index is 1430. The first-order chi connectivity index (χ1) is 17.3. The molecular weight excluding hydrogens is 460 g/mol. The van der Waals surface area contributed by atoms with Gasteiger partial charge in [0, 0.05) is 17.8 Å². The van der Waals surface area contributed by atoms with E-state index in [0.717, 1.165) is 16.9 Å². The van der Waals surface area contributed by atoms with E-state index in [0.29, 0.717) is 5.69 Å². The summed E-state index contributed by atoms with van der Waals surface area (Å²) in [6, 6.07) is 22.1. The number of anilines is 1. The van der Waals surface area contributed by atoms with E-state index < -0.39 is 17.8 Å². The van der Waals surface area contributed by atoms with Gasteiger partial charge in [-0.25, -0.2) is 8.78 Å². The lowest BCUT2D eigenvalue weighted by Gasteiger charge is -2.40. The van der Waals surface area contributed by atoms with Crippen LogP contribution in [0, 0.1) is 11.6 Å². The van der Waals surface area contributed by atoms with Crippen LogP contribution in [0.15, 0.2) is 91.1 Å². The number of halogens is 2. The monoisotopic (exact) mass is 485 g/mol. The third-order valence-electron chi connectivity index (χ3n) is 6.44. The third-order valence-corrected chi connectivity index (χ3v) is 6.44. The minimum atomic E-state index is -0.527. The molecule has 1 aliphatic rings. The summed E-state index contributed by atoms with van der Waals surface area (Å²) in [4.78, 5) is 30.4. The van der Waals surface area contributed by atoms with Crippen molar-refractivity contribution in [1.29, 1.82) is 0 Å². The molecule has 36 heavy (non-hydrogen) atoms. The van der Waals surface area contributed by atoms with Crippen LogP contribution in [0.3, 0.4) is 0 Å². The molecule has 2 amide bonds. The molecule has 3 aromatic carbocycles. The largest absolute Gasteiger partial charge is 0.327 e. The van der Waals surface area contributed by atoms with E-state index in [1.165, 1.54) is 41.3 Å². The van der Waals surface area contributed by atoms with Crippen molar-refractivity contribution in [2.45, 2.75) is 25.9 Å². The number of amides is 2. The number of aromatic nitrogens is 1. The zero-order chi connectivity index (χ0) is 25.4. The van der Waals surface area contributed by atoms with E-state index in [-0.39, 0.29) is 29.9 Å². The Morgan fingerprint density at radius 2 is 1.58 bits per heavy atom. The van der Waals surface area contributed by atoms with Gasteiger partial charge in [0.1, 0.15) is 24.2 Å². The standard InChI is InChI=1S/C29H25F2N3O2/c1-19(2)33(29(36)21-7-5-8-23(31)17-21)18-27(35)34-25-10-4-3-9-24(25)32-16-6-11-26(32)28(34)20-12-14-22(30)15-13-20/h3-17,19,28H,18H2,1-2H3. The molecule has 0 spiro atoms. The SMILES string of the molecule is CC(C)N(CC(=O)N1c2ccccc2-n2cccc2C1c1ccc(F)cc1)C(=O)c1cccc(F)c1. The molecule has 5 nitrogen and oxygen atoms in total. The van der Waals surface area contributed by atoms with E-state index in [1.807, 2.05) is 61.0 Å². The maximum absolute atomic E-state index is 14.0. The maximum Gasteiger partial charge on any atom is 0.254 e. The number of fused-ring (bicyclic) bond motifs is 3. The van der Waals surface area contributed by atoms with Crippen molar-refractivity contribution in [1.82, 2.24) is 9.47 Å². The van der Waals surface area contributed by atoms with Crippen LogP contribution < -0.4 is 4.90 Å². The lowest BCUT2D eigenvalue weighted by atomic mass is 9.97. The Hall–Kier alpha value is -4.26. The van der Waals surface area contributed by atoms with Gasteiger partial charge in [-0.3, -0.25) is 14.5 Å². The second-order valence-corrected chi connectivity index (χ2v) is 9.05. The van der Waals surface area contributed by atoms with E-state index in [4.69, 9.17) is 0 Å². The Morgan fingerprint density at radius 3 is 2.28 bits per heavy atom. The van der Waals surface area contributed by atoms with Crippen molar-refractivity contribution in [2.75, 3.05) is 11.4 Å². The molecule has 7 heteroatoms. The van der Waals surface area contributed by atoms with Gasteiger partial charge >= 0.3 is 0 Å². The minimum Gasteiger partial charge on any atom is -0.327 e. The number of carbonyl (C=O) groups excluding carboxylic acids is 2. The number of nitrogens with zero attached hydrogens (tertiary/aromatic N) is 3. The van der Waals surface area contributed by atoms with Crippen molar-refractivity contribution in [3.05, 3.63) is 120 Å². The average Bonchev–Trinajstić information content (AvgIpc) is 3.36. The normalized spacial score (nSPS) is 14.4. The van der Waals surface area contributed by atoms with Crippen molar-refractivity contribution in [2.24, 2.45) is 0 Å². The van der Waals surface area contributed by atoms with Crippen molar-refractivity contribution in [3.63, 3.8) is 0 Å². The Balaban J connectivity index is 1.57. The number of hydrogen-bond acceptors (Lipinski definition) is 2. The number of benzene rings is 3. The summed E-state index contributed by atoms with van der Waals surface area (Å²) in [6.07, 6.45) is 1.93. The van der Waals surface area contributed by atoms with Gasteiger partial charge in [-0.15, -0.1) is 0 Å². The van der Waals surface area contributed by atoms with E-state index in [9.17, 15) is 18.4 Å². The predicted molar refractivity (Wildman–Crippen MR) is 134 cm³/mol. The molecule has 0 N–H and O–H groups in total. The highest BCUT2D eigenvalue weighted by atomic mass is 19.1. The van der Waals surface area contributed by atoms with E-state index >= 15 is 0 Å². The number of para-hydroxylation sites is 2.